The molecule has 0 radical (unpaired) electrons. The highest BCUT2D eigenvalue weighted by molar-refractivity contribution is 7.14. The third kappa shape index (κ3) is 3.67. The summed E-state index contributed by atoms with van der Waals surface area (Å²) in [6.07, 6.45) is 1.53. The number of hydrogen-bond donors (Lipinski definition) is 2. The van der Waals surface area contributed by atoms with Gasteiger partial charge >= 0.3 is 5.91 Å². The number of thiazole rings is 1. The molecule has 1 saturated heterocycles. The number of ether oxygens (including phenoxy) is 2. The minimum Gasteiger partial charge on any atom is -0.507 e. The number of hydrogen-bond acceptors (Lipinski definition) is 8. The van der Waals surface area contributed by atoms with E-state index >= 15 is 0 Å². The zero-order valence-electron chi connectivity index (χ0n) is 17.3. The van der Waals surface area contributed by atoms with Gasteiger partial charge in [-0.25, -0.2) is 4.98 Å². The summed E-state index contributed by atoms with van der Waals surface area (Å²) in [7, 11) is 1.40. The van der Waals surface area contributed by atoms with Gasteiger partial charge in [0.2, 0.25) is 0 Å². The lowest BCUT2D eigenvalue weighted by atomic mass is 9.95. The summed E-state index contributed by atoms with van der Waals surface area (Å²) in [5.74, 6) is -1.25. The Morgan fingerprint density at radius 1 is 1.19 bits per heavy atom. The van der Waals surface area contributed by atoms with Crippen LogP contribution in [0.1, 0.15) is 24.1 Å². The predicted octanol–water partition coefficient (Wildman–Crippen LogP) is 3.88. The summed E-state index contributed by atoms with van der Waals surface area (Å²) < 4.78 is 10.6. The van der Waals surface area contributed by atoms with Crippen molar-refractivity contribution in [2.24, 2.45) is 0 Å². The Labute approximate surface area is 188 Å². The number of aliphatic hydroxyl groups excluding tert-OH is 1. The van der Waals surface area contributed by atoms with Gasteiger partial charge in [0.15, 0.2) is 16.6 Å². The van der Waals surface area contributed by atoms with E-state index in [1.54, 1.807) is 35.7 Å². The number of amides is 1. The van der Waals surface area contributed by atoms with Crippen molar-refractivity contribution in [3.8, 4) is 17.2 Å². The lowest BCUT2D eigenvalue weighted by Crippen LogP contribution is -2.29. The van der Waals surface area contributed by atoms with Crippen LogP contribution in [0.2, 0.25) is 0 Å². The number of ketones is 1. The van der Waals surface area contributed by atoms with Crippen LogP contribution in [-0.2, 0) is 9.59 Å². The number of phenolic OH excluding ortho intramolecular Hbond substituents is 1. The van der Waals surface area contributed by atoms with Crippen molar-refractivity contribution in [3.63, 3.8) is 0 Å². The number of aliphatic hydroxyl groups is 1. The van der Waals surface area contributed by atoms with Gasteiger partial charge < -0.3 is 19.7 Å². The molecule has 0 unspecified atom stereocenters. The van der Waals surface area contributed by atoms with Crippen molar-refractivity contribution in [3.05, 3.63) is 70.7 Å². The molecular formula is C23H20N2O6S. The molecule has 9 heteroatoms. The number of Topliss-reactive ketones (excluding diaryl/α,β-unsaturated/α-hetero) is 1. The number of nitrogens with zero attached hydrogens (tertiary/aromatic N) is 2. The minimum atomic E-state index is -0.956. The third-order valence-electron chi connectivity index (χ3n) is 5.03. The summed E-state index contributed by atoms with van der Waals surface area (Å²) in [4.78, 5) is 31.5. The van der Waals surface area contributed by atoms with Gasteiger partial charge in [-0.2, -0.15) is 0 Å². The molecule has 0 aliphatic carbocycles. The van der Waals surface area contributed by atoms with E-state index in [2.05, 4.69) is 4.98 Å². The number of aromatic hydroxyl groups is 1. The van der Waals surface area contributed by atoms with E-state index < -0.39 is 17.7 Å². The first-order chi connectivity index (χ1) is 15.5. The number of carbonyl (C=O) groups excluding carboxylic acids is 2. The summed E-state index contributed by atoms with van der Waals surface area (Å²) in [6.45, 7) is 2.35. The van der Waals surface area contributed by atoms with Gasteiger partial charge in [0.25, 0.3) is 5.78 Å². The van der Waals surface area contributed by atoms with E-state index in [1.165, 1.54) is 41.7 Å². The van der Waals surface area contributed by atoms with Gasteiger partial charge in [0, 0.05) is 17.1 Å². The number of phenols is 1. The van der Waals surface area contributed by atoms with E-state index in [4.69, 9.17) is 9.47 Å². The Morgan fingerprint density at radius 3 is 2.56 bits per heavy atom. The lowest BCUT2D eigenvalue weighted by Gasteiger charge is -2.23. The molecular weight excluding hydrogens is 432 g/mol. The first-order valence-corrected chi connectivity index (χ1v) is 10.6. The largest absolute Gasteiger partial charge is 0.507 e. The molecule has 0 spiro atoms. The van der Waals surface area contributed by atoms with Crippen LogP contribution in [0.5, 0.6) is 17.2 Å². The minimum absolute atomic E-state index is 0.0814. The second-order valence-corrected chi connectivity index (χ2v) is 7.75. The Morgan fingerprint density at radius 2 is 1.94 bits per heavy atom. The van der Waals surface area contributed by atoms with Gasteiger partial charge in [0.05, 0.1) is 25.3 Å². The molecule has 0 saturated carbocycles. The quantitative estimate of drug-likeness (QED) is 0.332. The number of benzene rings is 2. The van der Waals surface area contributed by atoms with Crippen molar-refractivity contribution >= 4 is 33.9 Å². The summed E-state index contributed by atoms with van der Waals surface area (Å²) in [5, 5.41) is 23.1. The van der Waals surface area contributed by atoms with Crippen LogP contribution in [0, 0.1) is 0 Å². The maximum Gasteiger partial charge on any atom is 0.301 e. The normalized spacial score (nSPS) is 17.6. The molecule has 1 aromatic heterocycles. The monoisotopic (exact) mass is 452 g/mol. The molecule has 1 amide bonds. The molecule has 2 heterocycles. The van der Waals surface area contributed by atoms with E-state index in [1.807, 2.05) is 6.92 Å². The molecule has 164 valence electrons. The first-order valence-electron chi connectivity index (χ1n) is 9.76. The Balaban J connectivity index is 1.89. The fourth-order valence-corrected chi connectivity index (χ4v) is 4.24. The average molecular weight is 452 g/mol. The Hall–Kier alpha value is -3.85. The summed E-state index contributed by atoms with van der Waals surface area (Å²) in [5.41, 5.74) is 0.755. The van der Waals surface area contributed by atoms with Crippen LogP contribution >= 0.6 is 11.3 Å². The highest BCUT2D eigenvalue weighted by Gasteiger charge is 2.48. The van der Waals surface area contributed by atoms with Gasteiger partial charge in [-0.15, -0.1) is 11.3 Å². The number of rotatable bonds is 6. The molecule has 2 aromatic carbocycles. The van der Waals surface area contributed by atoms with E-state index in [0.717, 1.165) is 0 Å². The maximum atomic E-state index is 13.1. The van der Waals surface area contributed by atoms with Crippen LogP contribution < -0.4 is 14.4 Å². The summed E-state index contributed by atoms with van der Waals surface area (Å²) >= 11 is 1.19. The smallest absolute Gasteiger partial charge is 0.301 e. The molecule has 0 bridgehead atoms. The lowest BCUT2D eigenvalue weighted by molar-refractivity contribution is -0.132. The molecule has 4 rings (SSSR count). The van der Waals surface area contributed by atoms with Gasteiger partial charge in [-0.3, -0.25) is 14.5 Å². The van der Waals surface area contributed by atoms with Crippen molar-refractivity contribution in [1.29, 1.82) is 0 Å². The Bertz CT molecular complexity index is 1190. The molecule has 32 heavy (non-hydrogen) atoms. The maximum absolute atomic E-state index is 13.1. The first kappa shape index (κ1) is 21.4. The number of methoxy groups -OCH3 is 1. The molecule has 3 aromatic rings. The topological polar surface area (TPSA) is 109 Å². The van der Waals surface area contributed by atoms with Crippen molar-refractivity contribution in [2.75, 3.05) is 18.6 Å². The van der Waals surface area contributed by atoms with Crippen LogP contribution in [0.3, 0.4) is 0 Å². The van der Waals surface area contributed by atoms with Crippen LogP contribution in [0.15, 0.2) is 59.6 Å². The van der Waals surface area contributed by atoms with E-state index in [0.29, 0.717) is 28.6 Å². The number of anilines is 1. The molecule has 1 aliphatic heterocycles. The van der Waals surface area contributed by atoms with E-state index in [9.17, 15) is 19.8 Å². The number of aromatic nitrogens is 1. The average Bonchev–Trinajstić information content (AvgIpc) is 3.41. The molecule has 2 N–H and O–H groups in total. The van der Waals surface area contributed by atoms with E-state index in [-0.39, 0.29) is 22.8 Å². The Kier molecular flexibility index (Phi) is 5.83. The van der Waals surface area contributed by atoms with Crippen molar-refractivity contribution in [2.45, 2.75) is 13.0 Å². The highest BCUT2D eigenvalue weighted by atomic mass is 32.1. The predicted molar refractivity (Wildman–Crippen MR) is 119 cm³/mol. The zero-order chi connectivity index (χ0) is 22.8. The highest BCUT2D eigenvalue weighted by Crippen LogP contribution is 2.44. The van der Waals surface area contributed by atoms with Crippen LogP contribution in [0.25, 0.3) is 5.76 Å². The standard InChI is InChI=1S/C23H20N2O6S/c1-3-31-15-7-4-13(5-8-15)20(27)18-19(14-6-9-16(26)17(12-14)30-2)25(22(29)21(18)28)23-24-10-11-32-23/h4-12,19,26-27H,3H2,1-2H3/b20-18+/t19-/m1/s1. The van der Waals surface area contributed by atoms with Crippen LogP contribution in [0.4, 0.5) is 5.13 Å². The SMILES string of the molecule is CCOc1ccc(/C(O)=C2\C(=O)C(=O)N(c3nccs3)[C@@H]2c2ccc(O)c(OC)c2)cc1. The fraction of sp³-hybridized carbons (Fsp3) is 0.174. The number of carbonyl (C=O) groups is 2. The van der Waals surface area contributed by atoms with Gasteiger partial charge in [-0.05, 0) is 48.9 Å². The zero-order valence-corrected chi connectivity index (χ0v) is 18.1. The molecule has 1 aliphatic rings. The fourth-order valence-electron chi connectivity index (χ4n) is 3.58. The second kappa shape index (κ2) is 8.72. The van der Waals surface area contributed by atoms with Crippen molar-refractivity contribution in [1.82, 2.24) is 4.98 Å². The summed E-state index contributed by atoms with van der Waals surface area (Å²) in [6, 6.07) is 10.1. The molecule has 1 atom stereocenters. The third-order valence-corrected chi connectivity index (χ3v) is 5.80. The van der Waals surface area contributed by atoms with Gasteiger partial charge in [0.1, 0.15) is 11.5 Å². The van der Waals surface area contributed by atoms with Gasteiger partial charge in [-0.1, -0.05) is 6.07 Å². The molecule has 8 nitrogen and oxygen atoms in total. The van der Waals surface area contributed by atoms with Crippen LogP contribution in [-0.4, -0.2) is 40.6 Å². The second-order valence-electron chi connectivity index (χ2n) is 6.87. The molecule has 1 fully saturated rings. The van der Waals surface area contributed by atoms with Crippen molar-refractivity contribution < 1.29 is 29.3 Å².